The first kappa shape index (κ1) is 58.6. The number of alkyl halides is 9. The van der Waals surface area contributed by atoms with Crippen LogP contribution in [-0.4, -0.2) is 79.5 Å². The van der Waals surface area contributed by atoms with E-state index in [2.05, 4.69) is 0 Å². The van der Waals surface area contributed by atoms with Crippen LogP contribution in [0.4, 0.5) is 39.5 Å². The minimum Gasteiger partial charge on any atom is -0.497 e. The number of ether oxygens (including phenoxy) is 3. The Hall–Kier alpha value is -5.75. The van der Waals surface area contributed by atoms with Gasteiger partial charge < -0.3 is 14.2 Å². The fourth-order valence-corrected chi connectivity index (χ4v) is 6.72. The van der Waals surface area contributed by atoms with Crippen molar-refractivity contribution >= 4 is 94.8 Å². The third kappa shape index (κ3) is 17.9. The largest absolute Gasteiger partial charge is 3.00 e. The molecule has 362 valence electrons. The van der Waals surface area contributed by atoms with Crippen molar-refractivity contribution in [3.05, 3.63) is 196 Å². The Kier molecular flexibility index (Phi) is 22.1. The second-order valence-corrected chi connectivity index (χ2v) is 16.0. The van der Waals surface area contributed by atoms with Crippen molar-refractivity contribution in [1.82, 2.24) is 0 Å². The van der Waals surface area contributed by atoms with Crippen molar-refractivity contribution < 1.29 is 68.1 Å². The Morgan fingerprint density at radius 2 is 0.514 bits per heavy atom. The van der Waals surface area contributed by atoms with E-state index in [9.17, 15) is 53.9 Å². The molecule has 0 aliphatic heterocycles. The Bertz CT molecular complexity index is 2420. The van der Waals surface area contributed by atoms with E-state index < -0.39 is 35.2 Å². The Balaban J connectivity index is 0.000000276. The molecule has 2 radical (unpaired) electrons. The molecule has 0 aliphatic carbocycles. The van der Waals surface area contributed by atoms with Gasteiger partial charge in [0.15, 0.2) is 17.3 Å². The average molecular weight is 1220 g/mol. The quantitative estimate of drug-likeness (QED) is 0.0432. The number of carbonyl (C=O) groups is 3. The summed E-state index contributed by atoms with van der Waals surface area (Å²) in [6.45, 7) is 0. The zero-order chi connectivity index (χ0) is 51.1. The molecule has 19 heteroatoms. The predicted octanol–water partition coefficient (Wildman–Crippen LogP) is 13.7. The molecule has 0 spiro atoms. The summed E-state index contributed by atoms with van der Waals surface area (Å²) in [5.41, 5.74) is 0.501. The Morgan fingerprint density at radius 1 is 0.343 bits per heavy atom. The maximum atomic E-state index is 12.5. The van der Waals surface area contributed by atoms with Crippen LogP contribution in [0.2, 0.25) is 0 Å². The van der Waals surface area contributed by atoms with Gasteiger partial charge >= 0.3 is 44.7 Å². The summed E-state index contributed by atoms with van der Waals surface area (Å²) >= 11 is 15.5. The maximum absolute atomic E-state index is 12.5. The van der Waals surface area contributed by atoms with E-state index >= 15 is 0 Å². The molecule has 6 rings (SSSR count). The number of Topliss-reactive ketones (excluding diaryl/α,β-unsaturated/α-hetero) is 3. The minimum atomic E-state index is -4.39. The van der Waals surface area contributed by atoms with Gasteiger partial charge in [0, 0.05) is 50.5 Å². The maximum Gasteiger partial charge on any atom is 3.00 e. The monoisotopic (exact) mass is 1220 g/mol. The van der Waals surface area contributed by atoms with Crippen molar-refractivity contribution in [3.63, 3.8) is 0 Å². The van der Waals surface area contributed by atoms with Gasteiger partial charge in [0.2, 0.25) is 0 Å². The van der Waals surface area contributed by atoms with Crippen molar-refractivity contribution in [3.8, 4) is 17.2 Å². The number of rotatable bonds is 15. The first-order chi connectivity index (χ1) is 32.4. The van der Waals surface area contributed by atoms with Gasteiger partial charge in [-0.3, -0.25) is 14.4 Å². The number of benzene rings is 6. The number of carbonyl (C=O) groups excluding carboxylic acids is 3. The molecule has 70 heavy (non-hydrogen) atoms. The fourth-order valence-electron chi connectivity index (χ4n) is 5.92. The number of halogens is 9. The average Bonchev–Trinajstić information content (AvgIpc) is 3.33. The first-order valence-electron chi connectivity index (χ1n) is 20.1. The molecule has 0 N–H and O–H groups in total. The van der Waals surface area contributed by atoms with Crippen LogP contribution in [0.3, 0.4) is 0 Å². The van der Waals surface area contributed by atoms with Gasteiger partial charge in [-0.15, -0.1) is 0 Å². The van der Waals surface area contributed by atoms with E-state index in [4.69, 9.17) is 50.9 Å². The zero-order valence-electron chi connectivity index (χ0n) is 37.0. The van der Waals surface area contributed by atoms with Crippen LogP contribution in [0.15, 0.2) is 146 Å². The Morgan fingerprint density at radius 3 is 0.671 bits per heavy atom. The zero-order valence-corrected chi connectivity index (χ0v) is 42.9. The van der Waals surface area contributed by atoms with Gasteiger partial charge in [-0.25, -0.2) is 0 Å². The second kappa shape index (κ2) is 26.5. The topological polar surface area (TPSA) is 78.9 Å². The van der Waals surface area contributed by atoms with Crippen molar-refractivity contribution in [2.45, 2.75) is 37.8 Å². The second-order valence-electron chi connectivity index (χ2n) is 14.5. The molecule has 0 saturated heterocycles. The molecule has 0 unspecified atom stereocenters. The molecule has 0 saturated carbocycles. The molecule has 6 nitrogen and oxygen atoms in total. The van der Waals surface area contributed by atoms with Crippen LogP contribution in [0.25, 0.3) is 0 Å². The van der Waals surface area contributed by atoms with Crippen LogP contribution in [0.5, 0.6) is 17.2 Å². The van der Waals surface area contributed by atoms with Crippen LogP contribution in [0.1, 0.15) is 83.7 Å². The summed E-state index contributed by atoms with van der Waals surface area (Å²) in [5, 5.41) is 0. The summed E-state index contributed by atoms with van der Waals surface area (Å²) in [4.78, 5) is 37.4. The van der Waals surface area contributed by atoms with E-state index in [1.165, 1.54) is 57.7 Å². The summed E-state index contributed by atoms with van der Waals surface area (Å²) in [5.74, 6) is 1.30. The number of hydrogen-bond acceptors (Lipinski definition) is 9. The predicted molar refractivity (Wildman–Crippen MR) is 261 cm³/mol. The third-order valence-electron chi connectivity index (χ3n) is 9.80. The molecule has 0 aliphatic rings. The molecular weight excluding hydrogens is 1180 g/mol. The van der Waals surface area contributed by atoms with Gasteiger partial charge in [-0.1, -0.05) is 73.1 Å². The van der Waals surface area contributed by atoms with Crippen LogP contribution in [0, 0.1) is 0 Å². The molecule has 0 aromatic heterocycles. The standard InChI is InChI=1S/3C17H13F3O2S.Bi/c3*1-22-14-8-4-11(5-9-14)15(21)10-16(23)12-2-6-13(7-3-12)17(18,19)20;/h3*2-9H,10H2,1H3;/q;;;+3. The molecule has 0 heterocycles. The first-order valence-corrected chi connectivity index (χ1v) is 21.3. The summed E-state index contributed by atoms with van der Waals surface area (Å²) in [7, 11) is 4.57. The molecular formula is C51H39BiF9O6S3+3. The molecule has 0 atom stereocenters. The number of ketones is 3. The van der Waals surface area contributed by atoms with Gasteiger partial charge in [0.1, 0.15) is 17.2 Å². The van der Waals surface area contributed by atoms with Gasteiger partial charge in [-0.2, -0.15) is 39.5 Å². The van der Waals surface area contributed by atoms with E-state index in [1.54, 1.807) is 72.8 Å². The van der Waals surface area contributed by atoms with Gasteiger partial charge in [0.05, 0.1) is 38.0 Å². The number of thiocarbonyl (C=S) groups is 3. The van der Waals surface area contributed by atoms with Gasteiger partial charge in [0.25, 0.3) is 0 Å². The van der Waals surface area contributed by atoms with E-state index in [0.717, 1.165) is 36.4 Å². The van der Waals surface area contributed by atoms with Crippen LogP contribution >= 0.6 is 36.7 Å². The van der Waals surface area contributed by atoms with Crippen molar-refractivity contribution in [2.75, 3.05) is 21.3 Å². The normalized spacial score (nSPS) is 11.0. The molecule has 6 aromatic carbocycles. The summed E-state index contributed by atoms with van der Waals surface area (Å²) in [6.07, 6.45) is -13.3. The SMILES string of the molecule is COc1ccc(C(=O)CC(=S)c2ccc(C(F)(F)F)cc2)cc1.COc1ccc(C(=O)CC(=S)c2ccc(C(F)(F)F)cc2)cc1.COc1ccc(C(=O)CC(=S)c2ccc(C(F)(F)F)cc2)cc1.[Bi+3]. The number of methoxy groups -OCH3 is 3. The molecule has 0 amide bonds. The third-order valence-corrected chi connectivity index (χ3v) is 10.9. The summed E-state index contributed by atoms with van der Waals surface area (Å²) in [6, 6.07) is 33.1. The molecule has 6 aromatic rings. The summed E-state index contributed by atoms with van der Waals surface area (Å²) < 4.78 is 128. The van der Waals surface area contributed by atoms with Gasteiger partial charge in [-0.05, 0) is 126 Å². The fraction of sp³-hybridized carbons (Fsp3) is 0.176. The smallest absolute Gasteiger partial charge is 0.497 e. The minimum absolute atomic E-state index is 0. The molecule has 0 bridgehead atoms. The van der Waals surface area contributed by atoms with Crippen LogP contribution in [-0.2, 0) is 18.5 Å². The van der Waals surface area contributed by atoms with Crippen molar-refractivity contribution in [2.24, 2.45) is 0 Å². The van der Waals surface area contributed by atoms with Crippen LogP contribution < -0.4 is 14.2 Å². The van der Waals surface area contributed by atoms with E-state index in [-0.39, 0.29) is 62.8 Å². The van der Waals surface area contributed by atoms with E-state index in [0.29, 0.717) is 65.2 Å². The Labute approximate surface area is 432 Å². The van der Waals surface area contributed by atoms with E-state index in [1.807, 2.05) is 0 Å². The molecule has 0 fully saturated rings. The van der Waals surface area contributed by atoms with Crippen molar-refractivity contribution in [1.29, 1.82) is 0 Å². The number of hydrogen-bond donors (Lipinski definition) is 0.